The number of rotatable bonds is 5. The second kappa shape index (κ2) is 5.82. The molecule has 1 saturated heterocycles. The third-order valence-corrected chi connectivity index (χ3v) is 2.69. The van der Waals surface area contributed by atoms with Gasteiger partial charge in [-0.2, -0.15) is 0 Å². The van der Waals surface area contributed by atoms with Crippen LogP contribution in [0.1, 0.15) is 6.42 Å². The van der Waals surface area contributed by atoms with E-state index in [2.05, 4.69) is 10.6 Å². The van der Waals surface area contributed by atoms with E-state index in [1.54, 1.807) is 18.2 Å². The van der Waals surface area contributed by atoms with Crippen LogP contribution in [0.4, 0.5) is 4.39 Å². The lowest BCUT2D eigenvalue weighted by molar-refractivity contribution is 0.293. The molecular formula is C12H17FN2O. The van der Waals surface area contributed by atoms with Crippen LogP contribution in [0.5, 0.6) is 5.75 Å². The Kier molecular flexibility index (Phi) is 4.13. The van der Waals surface area contributed by atoms with Crippen LogP contribution in [0.25, 0.3) is 0 Å². The maximum atomic E-state index is 13.2. The van der Waals surface area contributed by atoms with Crippen molar-refractivity contribution in [2.75, 3.05) is 26.2 Å². The van der Waals surface area contributed by atoms with Crippen LogP contribution in [0.2, 0.25) is 0 Å². The molecule has 1 aliphatic heterocycles. The molecule has 88 valence electrons. The Hall–Kier alpha value is -1.13. The standard InChI is InChI=1S/C12H17FN2O/c13-11-3-1-2-4-12(11)16-8-7-15-10-5-6-14-9-10/h1-4,10,14-15H,5-9H2. The van der Waals surface area contributed by atoms with Gasteiger partial charge in [-0.1, -0.05) is 12.1 Å². The summed E-state index contributed by atoms with van der Waals surface area (Å²) >= 11 is 0. The molecule has 0 radical (unpaired) electrons. The Balaban J connectivity index is 1.66. The highest BCUT2D eigenvalue weighted by molar-refractivity contribution is 5.23. The van der Waals surface area contributed by atoms with Crippen molar-refractivity contribution < 1.29 is 9.13 Å². The maximum absolute atomic E-state index is 13.2. The van der Waals surface area contributed by atoms with E-state index in [0.717, 1.165) is 26.1 Å². The first kappa shape index (κ1) is 11.4. The molecule has 1 atom stereocenters. The number of ether oxygens (including phenoxy) is 1. The zero-order valence-corrected chi connectivity index (χ0v) is 9.21. The summed E-state index contributed by atoms with van der Waals surface area (Å²) in [4.78, 5) is 0. The number of para-hydroxylation sites is 1. The minimum Gasteiger partial charge on any atom is -0.489 e. The average molecular weight is 224 g/mol. The predicted molar refractivity (Wildman–Crippen MR) is 61.2 cm³/mol. The molecule has 1 unspecified atom stereocenters. The average Bonchev–Trinajstić information content (AvgIpc) is 2.79. The molecule has 3 nitrogen and oxygen atoms in total. The molecular weight excluding hydrogens is 207 g/mol. The number of benzene rings is 1. The lowest BCUT2D eigenvalue weighted by Gasteiger charge is -2.12. The lowest BCUT2D eigenvalue weighted by Crippen LogP contribution is -2.34. The molecule has 1 aliphatic rings. The van der Waals surface area contributed by atoms with E-state index in [9.17, 15) is 4.39 Å². The third-order valence-electron chi connectivity index (χ3n) is 2.69. The molecule has 1 heterocycles. The summed E-state index contributed by atoms with van der Waals surface area (Å²) in [5.74, 6) is 0.0267. The summed E-state index contributed by atoms with van der Waals surface area (Å²) in [5, 5.41) is 6.64. The van der Waals surface area contributed by atoms with Gasteiger partial charge in [0.25, 0.3) is 0 Å². The summed E-state index contributed by atoms with van der Waals surface area (Å²) in [6.45, 7) is 3.34. The summed E-state index contributed by atoms with van der Waals surface area (Å²) in [7, 11) is 0. The molecule has 0 aromatic heterocycles. The molecule has 16 heavy (non-hydrogen) atoms. The highest BCUT2D eigenvalue weighted by Gasteiger charge is 2.12. The van der Waals surface area contributed by atoms with Gasteiger partial charge >= 0.3 is 0 Å². The Labute approximate surface area is 95.0 Å². The topological polar surface area (TPSA) is 33.3 Å². The zero-order valence-electron chi connectivity index (χ0n) is 9.21. The first-order valence-electron chi connectivity index (χ1n) is 5.67. The first-order chi connectivity index (χ1) is 7.86. The van der Waals surface area contributed by atoms with Gasteiger partial charge in [-0.25, -0.2) is 4.39 Å². The van der Waals surface area contributed by atoms with E-state index in [4.69, 9.17) is 4.74 Å². The van der Waals surface area contributed by atoms with Crippen molar-refractivity contribution in [1.29, 1.82) is 0 Å². The van der Waals surface area contributed by atoms with E-state index < -0.39 is 0 Å². The van der Waals surface area contributed by atoms with E-state index in [-0.39, 0.29) is 5.82 Å². The first-order valence-corrected chi connectivity index (χ1v) is 5.67. The number of halogens is 1. The largest absolute Gasteiger partial charge is 0.489 e. The molecule has 1 fully saturated rings. The fourth-order valence-electron chi connectivity index (χ4n) is 1.81. The van der Waals surface area contributed by atoms with E-state index in [0.29, 0.717) is 18.4 Å². The van der Waals surface area contributed by atoms with Crippen LogP contribution in [0.3, 0.4) is 0 Å². The molecule has 4 heteroatoms. The van der Waals surface area contributed by atoms with Crippen molar-refractivity contribution in [3.05, 3.63) is 30.1 Å². The smallest absolute Gasteiger partial charge is 0.165 e. The second-order valence-electron chi connectivity index (χ2n) is 3.92. The van der Waals surface area contributed by atoms with Crippen LogP contribution < -0.4 is 15.4 Å². The van der Waals surface area contributed by atoms with Crippen molar-refractivity contribution in [3.63, 3.8) is 0 Å². The van der Waals surface area contributed by atoms with Gasteiger partial charge in [-0.05, 0) is 25.1 Å². The zero-order chi connectivity index (χ0) is 11.2. The monoisotopic (exact) mass is 224 g/mol. The molecule has 0 saturated carbocycles. The van der Waals surface area contributed by atoms with Crippen LogP contribution in [-0.4, -0.2) is 32.3 Å². The molecule has 1 aromatic rings. The lowest BCUT2D eigenvalue weighted by atomic mass is 10.3. The SMILES string of the molecule is Fc1ccccc1OCCNC1CCNC1. The fourth-order valence-corrected chi connectivity index (χ4v) is 1.81. The number of nitrogens with one attached hydrogen (secondary N) is 2. The van der Waals surface area contributed by atoms with Crippen LogP contribution in [0.15, 0.2) is 24.3 Å². The summed E-state index contributed by atoms with van der Waals surface area (Å²) in [6.07, 6.45) is 1.15. The Morgan fingerprint density at radius 3 is 3.06 bits per heavy atom. The van der Waals surface area contributed by atoms with E-state index in [1.165, 1.54) is 6.07 Å². The van der Waals surface area contributed by atoms with Gasteiger partial charge in [0.1, 0.15) is 6.61 Å². The third kappa shape index (κ3) is 3.18. The molecule has 1 aromatic carbocycles. The van der Waals surface area contributed by atoms with Gasteiger partial charge in [0, 0.05) is 19.1 Å². The molecule has 0 amide bonds. The highest BCUT2D eigenvalue weighted by Crippen LogP contribution is 2.14. The number of hydrogen-bond acceptors (Lipinski definition) is 3. The quantitative estimate of drug-likeness (QED) is 0.736. The van der Waals surface area contributed by atoms with Crippen LogP contribution in [0, 0.1) is 5.82 Å². The molecule has 2 N–H and O–H groups in total. The van der Waals surface area contributed by atoms with Gasteiger partial charge in [0.15, 0.2) is 11.6 Å². The van der Waals surface area contributed by atoms with Crippen molar-refractivity contribution in [2.24, 2.45) is 0 Å². The van der Waals surface area contributed by atoms with Crippen molar-refractivity contribution in [1.82, 2.24) is 10.6 Å². The van der Waals surface area contributed by atoms with Crippen molar-refractivity contribution >= 4 is 0 Å². The minimum absolute atomic E-state index is 0.301. The highest BCUT2D eigenvalue weighted by atomic mass is 19.1. The van der Waals surface area contributed by atoms with Gasteiger partial charge in [0.2, 0.25) is 0 Å². The molecule has 0 spiro atoms. The van der Waals surface area contributed by atoms with Crippen molar-refractivity contribution in [3.8, 4) is 5.75 Å². The Morgan fingerprint density at radius 2 is 2.31 bits per heavy atom. The van der Waals surface area contributed by atoms with Gasteiger partial charge in [0.05, 0.1) is 0 Å². The normalized spacial score (nSPS) is 19.9. The van der Waals surface area contributed by atoms with Gasteiger partial charge in [-0.3, -0.25) is 0 Å². The van der Waals surface area contributed by atoms with Crippen LogP contribution >= 0.6 is 0 Å². The molecule has 2 rings (SSSR count). The van der Waals surface area contributed by atoms with E-state index in [1.807, 2.05) is 0 Å². The van der Waals surface area contributed by atoms with Gasteiger partial charge < -0.3 is 15.4 Å². The summed E-state index contributed by atoms with van der Waals surface area (Å²) in [6, 6.07) is 7.01. The Bertz CT molecular complexity index is 327. The molecule has 0 aliphatic carbocycles. The molecule has 0 bridgehead atoms. The summed E-state index contributed by atoms with van der Waals surface area (Å²) in [5.41, 5.74) is 0. The van der Waals surface area contributed by atoms with E-state index >= 15 is 0 Å². The fraction of sp³-hybridized carbons (Fsp3) is 0.500. The van der Waals surface area contributed by atoms with Gasteiger partial charge in [-0.15, -0.1) is 0 Å². The summed E-state index contributed by atoms with van der Waals surface area (Å²) < 4.78 is 18.5. The van der Waals surface area contributed by atoms with Crippen LogP contribution in [-0.2, 0) is 0 Å². The van der Waals surface area contributed by atoms with Crippen molar-refractivity contribution in [2.45, 2.75) is 12.5 Å². The maximum Gasteiger partial charge on any atom is 0.165 e. The predicted octanol–water partition coefficient (Wildman–Crippen LogP) is 1.16. The minimum atomic E-state index is -0.301. The number of hydrogen-bond donors (Lipinski definition) is 2. The second-order valence-corrected chi connectivity index (χ2v) is 3.92. The Morgan fingerprint density at radius 1 is 1.44 bits per heavy atom.